The van der Waals surface area contributed by atoms with E-state index >= 15 is 0 Å². The summed E-state index contributed by atoms with van der Waals surface area (Å²) < 4.78 is 13.6. The second-order valence-corrected chi connectivity index (χ2v) is 5.32. The number of rotatable bonds is 2. The molecule has 1 heterocycles. The van der Waals surface area contributed by atoms with Gasteiger partial charge < -0.3 is 11.1 Å². The second kappa shape index (κ2) is 4.78. The molecule has 0 fully saturated rings. The fourth-order valence-corrected chi connectivity index (χ4v) is 2.35. The van der Waals surface area contributed by atoms with Crippen LogP contribution in [0.15, 0.2) is 24.3 Å². The molecule has 0 aliphatic rings. The van der Waals surface area contributed by atoms with Crippen LogP contribution in [0.4, 0.5) is 15.8 Å². The molecule has 0 saturated carbocycles. The smallest absolute Gasteiger partial charge is 0.265 e. The highest BCUT2D eigenvalue weighted by molar-refractivity contribution is 7.14. The first-order valence-electron chi connectivity index (χ1n) is 5.41. The van der Waals surface area contributed by atoms with Crippen LogP contribution >= 0.6 is 11.3 Å². The van der Waals surface area contributed by atoms with Crippen molar-refractivity contribution in [3.8, 4) is 0 Å². The van der Waals surface area contributed by atoms with Crippen molar-refractivity contribution in [1.29, 1.82) is 0 Å². The van der Waals surface area contributed by atoms with Crippen LogP contribution < -0.4 is 11.1 Å². The third-order valence-corrected chi connectivity index (χ3v) is 3.62. The minimum absolute atomic E-state index is 0.176. The van der Waals surface area contributed by atoms with Crippen molar-refractivity contribution in [2.75, 3.05) is 11.1 Å². The third-order valence-electron chi connectivity index (χ3n) is 2.55. The van der Waals surface area contributed by atoms with Crippen LogP contribution in [0.25, 0.3) is 0 Å². The molecule has 1 aromatic carbocycles. The van der Waals surface area contributed by atoms with E-state index in [1.165, 1.54) is 17.4 Å². The highest BCUT2D eigenvalue weighted by Gasteiger charge is 2.13. The number of carbonyl (C=O) groups is 1. The van der Waals surface area contributed by atoms with E-state index in [2.05, 4.69) is 5.32 Å². The minimum atomic E-state index is -0.440. The van der Waals surface area contributed by atoms with Crippen LogP contribution in [-0.2, 0) is 0 Å². The summed E-state index contributed by atoms with van der Waals surface area (Å²) in [6, 6.07) is 6.27. The lowest BCUT2D eigenvalue weighted by Crippen LogP contribution is -2.11. The van der Waals surface area contributed by atoms with Gasteiger partial charge in [0.05, 0.1) is 10.6 Å². The fourth-order valence-electron chi connectivity index (χ4n) is 1.51. The number of nitrogens with two attached hydrogens (primary N) is 1. The first-order valence-corrected chi connectivity index (χ1v) is 6.22. The fraction of sp³-hybridized carbons (Fsp3) is 0.154. The van der Waals surface area contributed by atoms with E-state index in [0.717, 1.165) is 10.4 Å². The molecule has 0 unspecified atom stereocenters. The molecule has 0 aliphatic heterocycles. The molecule has 3 nitrogen and oxygen atoms in total. The molecule has 0 saturated heterocycles. The van der Waals surface area contributed by atoms with Gasteiger partial charge in [0.2, 0.25) is 0 Å². The van der Waals surface area contributed by atoms with Gasteiger partial charge in [0.15, 0.2) is 0 Å². The molecule has 2 aromatic rings. The summed E-state index contributed by atoms with van der Waals surface area (Å²) in [7, 11) is 0. The quantitative estimate of drug-likeness (QED) is 0.874. The van der Waals surface area contributed by atoms with E-state index in [1.807, 2.05) is 6.92 Å². The number of anilines is 2. The van der Waals surface area contributed by atoms with Gasteiger partial charge in [0, 0.05) is 10.6 Å². The zero-order valence-electron chi connectivity index (χ0n) is 10.1. The molecular weight excluding hydrogens is 251 g/mol. The summed E-state index contributed by atoms with van der Waals surface area (Å²) in [4.78, 5) is 13.2. The van der Waals surface area contributed by atoms with Gasteiger partial charge in [-0.15, -0.1) is 11.3 Å². The van der Waals surface area contributed by atoms with Crippen molar-refractivity contribution < 1.29 is 9.18 Å². The Bertz CT molecular complexity index is 588. The van der Waals surface area contributed by atoms with Crippen molar-refractivity contribution in [2.45, 2.75) is 13.8 Å². The van der Waals surface area contributed by atoms with Crippen LogP contribution in [0.2, 0.25) is 0 Å². The summed E-state index contributed by atoms with van der Waals surface area (Å²) in [6.07, 6.45) is 0. The average molecular weight is 264 g/mol. The van der Waals surface area contributed by atoms with E-state index < -0.39 is 5.82 Å². The number of benzene rings is 1. The van der Waals surface area contributed by atoms with Crippen LogP contribution in [0.3, 0.4) is 0 Å². The third kappa shape index (κ3) is 2.51. The predicted molar refractivity (Wildman–Crippen MR) is 72.6 cm³/mol. The first kappa shape index (κ1) is 12.6. The summed E-state index contributed by atoms with van der Waals surface area (Å²) >= 11 is 1.29. The largest absolute Gasteiger partial charge is 0.398 e. The Labute approximate surface area is 108 Å². The van der Waals surface area contributed by atoms with Crippen LogP contribution in [0.1, 0.15) is 20.1 Å². The van der Waals surface area contributed by atoms with Crippen LogP contribution in [-0.4, -0.2) is 5.91 Å². The molecule has 1 aromatic heterocycles. The van der Waals surface area contributed by atoms with Gasteiger partial charge in [-0.3, -0.25) is 4.79 Å². The Balaban J connectivity index is 2.21. The molecule has 0 radical (unpaired) electrons. The molecule has 0 bridgehead atoms. The van der Waals surface area contributed by atoms with E-state index in [1.54, 1.807) is 25.1 Å². The van der Waals surface area contributed by atoms with Gasteiger partial charge in [0.25, 0.3) is 5.91 Å². The number of thiophene rings is 1. The Morgan fingerprint density at radius 3 is 2.61 bits per heavy atom. The molecule has 18 heavy (non-hydrogen) atoms. The SMILES string of the molecule is Cc1ccc(NC(=O)c2cc(N)c(C)s2)c(F)c1. The standard InChI is InChI=1S/C13H13FN2OS/c1-7-3-4-11(9(14)5-7)16-13(17)12-6-10(15)8(2)18-12/h3-6H,15H2,1-2H3,(H,16,17). The van der Waals surface area contributed by atoms with Gasteiger partial charge in [-0.2, -0.15) is 0 Å². The average Bonchev–Trinajstić information content (AvgIpc) is 2.63. The number of carbonyl (C=O) groups excluding carboxylic acids is 1. The molecule has 0 aliphatic carbocycles. The van der Waals surface area contributed by atoms with Gasteiger partial charge >= 0.3 is 0 Å². The molecule has 3 N–H and O–H groups in total. The summed E-state index contributed by atoms with van der Waals surface area (Å²) in [5.74, 6) is -0.785. The lowest BCUT2D eigenvalue weighted by molar-refractivity contribution is 0.103. The maximum absolute atomic E-state index is 13.6. The Hall–Kier alpha value is -1.88. The van der Waals surface area contributed by atoms with E-state index in [9.17, 15) is 9.18 Å². The first-order chi connectivity index (χ1) is 8.47. The second-order valence-electron chi connectivity index (χ2n) is 4.06. The highest BCUT2D eigenvalue weighted by atomic mass is 32.1. The molecule has 94 valence electrons. The maximum atomic E-state index is 13.6. The van der Waals surface area contributed by atoms with E-state index in [4.69, 9.17) is 5.73 Å². The Kier molecular flexibility index (Phi) is 3.34. The maximum Gasteiger partial charge on any atom is 0.265 e. The number of nitrogens with one attached hydrogen (secondary N) is 1. The van der Waals surface area contributed by atoms with Gasteiger partial charge in [-0.05, 0) is 37.6 Å². The lowest BCUT2D eigenvalue weighted by Gasteiger charge is -2.05. The zero-order chi connectivity index (χ0) is 13.3. The van der Waals surface area contributed by atoms with Crippen LogP contribution in [0, 0.1) is 19.7 Å². The number of nitrogen functional groups attached to an aromatic ring is 1. The normalized spacial score (nSPS) is 10.4. The Morgan fingerprint density at radius 2 is 2.06 bits per heavy atom. The van der Waals surface area contributed by atoms with Gasteiger partial charge in [0.1, 0.15) is 5.82 Å². The predicted octanol–water partition coefficient (Wildman–Crippen LogP) is 3.34. The highest BCUT2D eigenvalue weighted by Crippen LogP contribution is 2.25. The summed E-state index contributed by atoms with van der Waals surface area (Å²) in [6.45, 7) is 3.63. The zero-order valence-corrected chi connectivity index (χ0v) is 10.9. The minimum Gasteiger partial charge on any atom is -0.398 e. The Morgan fingerprint density at radius 1 is 1.33 bits per heavy atom. The molecule has 0 atom stereocenters. The van der Waals surface area contributed by atoms with Gasteiger partial charge in [-0.1, -0.05) is 6.07 Å². The number of amides is 1. The number of hydrogen-bond donors (Lipinski definition) is 2. The van der Waals surface area contributed by atoms with Gasteiger partial charge in [-0.25, -0.2) is 4.39 Å². The number of halogens is 1. The van der Waals surface area contributed by atoms with Crippen molar-refractivity contribution in [1.82, 2.24) is 0 Å². The topological polar surface area (TPSA) is 55.1 Å². The van der Waals surface area contributed by atoms with Crippen LogP contribution in [0.5, 0.6) is 0 Å². The molecule has 1 amide bonds. The van der Waals surface area contributed by atoms with E-state index in [0.29, 0.717) is 10.6 Å². The van der Waals surface area contributed by atoms with E-state index in [-0.39, 0.29) is 11.6 Å². The summed E-state index contributed by atoms with van der Waals surface area (Å²) in [5.41, 5.74) is 7.24. The summed E-state index contributed by atoms with van der Waals surface area (Å²) in [5, 5.41) is 2.54. The number of aryl methyl sites for hydroxylation is 2. The molecule has 5 heteroatoms. The molecular formula is C13H13FN2OS. The van der Waals surface area contributed by atoms with Crippen molar-refractivity contribution >= 4 is 28.6 Å². The molecule has 2 rings (SSSR count). The monoisotopic (exact) mass is 264 g/mol. The van der Waals surface area contributed by atoms with Crippen molar-refractivity contribution in [2.24, 2.45) is 0 Å². The lowest BCUT2D eigenvalue weighted by atomic mass is 10.2. The number of hydrogen-bond acceptors (Lipinski definition) is 3. The van der Waals surface area contributed by atoms with Crippen molar-refractivity contribution in [3.05, 3.63) is 45.4 Å². The van der Waals surface area contributed by atoms with Crippen molar-refractivity contribution in [3.63, 3.8) is 0 Å². The molecule has 0 spiro atoms.